The first-order valence-corrected chi connectivity index (χ1v) is 11.2. The van der Waals surface area contributed by atoms with Gasteiger partial charge in [-0.15, -0.1) is 0 Å². The van der Waals surface area contributed by atoms with E-state index in [4.69, 9.17) is 4.74 Å². The monoisotopic (exact) mass is 507 g/mol. The summed E-state index contributed by atoms with van der Waals surface area (Å²) in [7, 11) is 0. The third kappa shape index (κ3) is 4.09. The Morgan fingerprint density at radius 3 is 2.36 bits per heavy atom. The Balaban J connectivity index is 1.79. The van der Waals surface area contributed by atoms with Crippen molar-refractivity contribution >= 4 is 45.5 Å². The first-order chi connectivity index (χ1) is 15.8. The van der Waals surface area contributed by atoms with Crippen LogP contribution in [-0.4, -0.2) is 29.0 Å². The van der Waals surface area contributed by atoms with Gasteiger partial charge >= 0.3 is 6.03 Å². The lowest BCUT2D eigenvalue weighted by Crippen LogP contribution is -2.54. The second-order valence-electron chi connectivity index (χ2n) is 7.46. The maximum absolute atomic E-state index is 13.3. The van der Waals surface area contributed by atoms with E-state index in [0.29, 0.717) is 23.6 Å². The molecule has 2 aromatic carbocycles. The second kappa shape index (κ2) is 9.07. The molecule has 7 nitrogen and oxygen atoms in total. The van der Waals surface area contributed by atoms with Crippen LogP contribution in [0.1, 0.15) is 23.9 Å². The Hall–Kier alpha value is -3.65. The molecule has 1 aliphatic heterocycles. The average molecular weight is 508 g/mol. The van der Waals surface area contributed by atoms with Crippen LogP contribution in [0, 0.1) is 13.8 Å². The number of carbonyl (C=O) groups is 3. The van der Waals surface area contributed by atoms with Gasteiger partial charge in [0.1, 0.15) is 11.3 Å². The van der Waals surface area contributed by atoms with Gasteiger partial charge in [-0.1, -0.05) is 24.3 Å². The molecule has 1 aromatic heterocycles. The van der Waals surface area contributed by atoms with Gasteiger partial charge in [0.2, 0.25) is 0 Å². The van der Waals surface area contributed by atoms with E-state index in [-0.39, 0.29) is 5.57 Å². The fourth-order valence-corrected chi connectivity index (χ4v) is 4.45. The number of anilines is 1. The van der Waals surface area contributed by atoms with Gasteiger partial charge in [-0.25, -0.2) is 9.69 Å². The molecule has 33 heavy (non-hydrogen) atoms. The van der Waals surface area contributed by atoms with Crippen LogP contribution in [0.5, 0.6) is 5.75 Å². The molecule has 0 unspecified atom stereocenters. The van der Waals surface area contributed by atoms with Gasteiger partial charge < -0.3 is 9.30 Å². The lowest BCUT2D eigenvalue weighted by atomic mass is 10.1. The number of benzene rings is 2. The number of nitrogens with one attached hydrogen (secondary N) is 1. The third-order valence-electron chi connectivity index (χ3n) is 5.41. The second-order valence-corrected chi connectivity index (χ2v) is 8.25. The molecular formula is C25H22BrN3O4. The van der Waals surface area contributed by atoms with E-state index < -0.39 is 17.8 Å². The van der Waals surface area contributed by atoms with Gasteiger partial charge in [0.15, 0.2) is 0 Å². The number of nitrogens with zero attached hydrogens (tertiary/aromatic N) is 2. The van der Waals surface area contributed by atoms with Crippen molar-refractivity contribution < 1.29 is 19.1 Å². The van der Waals surface area contributed by atoms with Gasteiger partial charge in [0.05, 0.1) is 12.3 Å². The van der Waals surface area contributed by atoms with E-state index in [0.717, 1.165) is 26.4 Å². The molecule has 2 heterocycles. The predicted octanol–water partition coefficient (Wildman–Crippen LogP) is 4.92. The summed E-state index contributed by atoms with van der Waals surface area (Å²) < 4.78 is 8.28. The largest absolute Gasteiger partial charge is 0.494 e. The molecule has 1 fully saturated rings. The SMILES string of the molecule is CCOc1cccc(N2C(=O)NC(=O)/C(=C\c3c(Br)c(C)n(-c4ccccc4)c3C)C2=O)c1. The van der Waals surface area contributed by atoms with Gasteiger partial charge in [-0.05, 0) is 67.0 Å². The van der Waals surface area contributed by atoms with Crippen molar-refractivity contribution in [2.75, 3.05) is 11.5 Å². The summed E-state index contributed by atoms with van der Waals surface area (Å²) in [5.74, 6) is -0.917. The van der Waals surface area contributed by atoms with Gasteiger partial charge in [0, 0.05) is 33.2 Å². The average Bonchev–Trinajstić information content (AvgIpc) is 3.00. The summed E-state index contributed by atoms with van der Waals surface area (Å²) in [4.78, 5) is 39.5. The predicted molar refractivity (Wildman–Crippen MR) is 130 cm³/mol. The summed E-state index contributed by atoms with van der Waals surface area (Å²) in [6.45, 7) is 6.15. The summed E-state index contributed by atoms with van der Waals surface area (Å²) in [5.41, 5.74) is 3.60. The lowest BCUT2D eigenvalue weighted by Gasteiger charge is -2.26. The molecule has 0 saturated carbocycles. The number of urea groups is 1. The minimum atomic E-state index is -0.801. The highest BCUT2D eigenvalue weighted by molar-refractivity contribution is 9.10. The molecular weight excluding hydrogens is 486 g/mol. The molecule has 0 radical (unpaired) electrons. The van der Waals surface area contributed by atoms with Crippen molar-refractivity contribution in [1.82, 2.24) is 9.88 Å². The number of imide groups is 2. The quantitative estimate of drug-likeness (QED) is 0.392. The Morgan fingerprint density at radius 1 is 0.970 bits per heavy atom. The molecule has 0 spiro atoms. The third-order valence-corrected chi connectivity index (χ3v) is 6.41. The van der Waals surface area contributed by atoms with E-state index in [1.165, 1.54) is 6.08 Å². The smallest absolute Gasteiger partial charge is 0.335 e. The molecule has 3 aromatic rings. The van der Waals surface area contributed by atoms with Crippen molar-refractivity contribution in [2.45, 2.75) is 20.8 Å². The lowest BCUT2D eigenvalue weighted by molar-refractivity contribution is -0.122. The van der Waals surface area contributed by atoms with Crippen molar-refractivity contribution in [3.8, 4) is 11.4 Å². The van der Waals surface area contributed by atoms with Crippen molar-refractivity contribution in [3.05, 3.63) is 81.6 Å². The fourth-order valence-electron chi connectivity index (χ4n) is 3.87. The fraction of sp³-hybridized carbons (Fsp3) is 0.160. The number of aromatic nitrogens is 1. The Bertz CT molecular complexity index is 1290. The Labute approximate surface area is 199 Å². The van der Waals surface area contributed by atoms with Gasteiger partial charge in [0.25, 0.3) is 11.8 Å². The first kappa shape index (κ1) is 22.5. The number of para-hydroxylation sites is 1. The van der Waals surface area contributed by atoms with Crippen LogP contribution < -0.4 is 15.0 Å². The summed E-state index contributed by atoms with van der Waals surface area (Å²) in [6, 6.07) is 15.6. The standard InChI is InChI=1S/C25H22BrN3O4/c1-4-33-19-12-8-11-18(13-19)29-24(31)21(23(30)27-25(29)32)14-20-15(2)28(16(3)22(20)26)17-9-6-5-7-10-17/h5-14H,4H2,1-3H3,(H,27,30,32)/b21-14+. The topological polar surface area (TPSA) is 80.6 Å². The number of hydrogen-bond donors (Lipinski definition) is 1. The molecule has 4 amide bonds. The summed E-state index contributed by atoms with van der Waals surface area (Å²) in [6.07, 6.45) is 1.52. The van der Waals surface area contributed by atoms with Crippen molar-refractivity contribution in [2.24, 2.45) is 0 Å². The zero-order valence-corrected chi connectivity index (χ0v) is 20.0. The number of amides is 4. The van der Waals surface area contributed by atoms with Gasteiger partial charge in [-0.2, -0.15) is 0 Å². The zero-order valence-electron chi connectivity index (χ0n) is 18.4. The van der Waals surface area contributed by atoms with Crippen LogP contribution >= 0.6 is 15.9 Å². The summed E-state index contributed by atoms with van der Waals surface area (Å²) >= 11 is 3.61. The van der Waals surface area contributed by atoms with Crippen LogP contribution in [0.15, 0.2) is 64.6 Å². The minimum absolute atomic E-state index is 0.134. The van der Waals surface area contributed by atoms with Crippen molar-refractivity contribution in [1.29, 1.82) is 0 Å². The Morgan fingerprint density at radius 2 is 1.67 bits per heavy atom. The van der Waals surface area contributed by atoms with Crippen LogP contribution in [0.4, 0.5) is 10.5 Å². The van der Waals surface area contributed by atoms with E-state index in [2.05, 4.69) is 21.2 Å². The first-order valence-electron chi connectivity index (χ1n) is 10.4. The van der Waals surface area contributed by atoms with Gasteiger partial charge in [-0.3, -0.25) is 14.9 Å². The minimum Gasteiger partial charge on any atom is -0.494 e. The summed E-state index contributed by atoms with van der Waals surface area (Å²) in [5, 5.41) is 2.27. The van der Waals surface area contributed by atoms with E-state index in [1.54, 1.807) is 24.3 Å². The highest BCUT2D eigenvalue weighted by Gasteiger charge is 2.37. The Kier molecular flexibility index (Phi) is 6.20. The van der Waals surface area contributed by atoms with E-state index >= 15 is 0 Å². The number of rotatable bonds is 5. The molecule has 0 atom stereocenters. The van der Waals surface area contributed by atoms with E-state index in [1.807, 2.05) is 55.7 Å². The normalized spacial score (nSPS) is 15.2. The van der Waals surface area contributed by atoms with Crippen LogP contribution in [-0.2, 0) is 9.59 Å². The molecule has 0 aliphatic carbocycles. The number of halogens is 1. The molecule has 1 saturated heterocycles. The molecule has 8 heteroatoms. The van der Waals surface area contributed by atoms with Crippen LogP contribution in [0.3, 0.4) is 0 Å². The highest BCUT2D eigenvalue weighted by atomic mass is 79.9. The van der Waals surface area contributed by atoms with Crippen LogP contribution in [0.25, 0.3) is 11.8 Å². The van der Waals surface area contributed by atoms with E-state index in [9.17, 15) is 14.4 Å². The molecule has 168 valence electrons. The highest BCUT2D eigenvalue weighted by Crippen LogP contribution is 2.33. The molecule has 1 aliphatic rings. The molecule has 0 bridgehead atoms. The van der Waals surface area contributed by atoms with Crippen molar-refractivity contribution in [3.63, 3.8) is 0 Å². The zero-order chi connectivity index (χ0) is 23.7. The molecule has 1 N–H and O–H groups in total. The molecule has 4 rings (SSSR count). The number of carbonyl (C=O) groups excluding carboxylic acids is 3. The van der Waals surface area contributed by atoms with Crippen LogP contribution in [0.2, 0.25) is 0 Å². The number of ether oxygens (including phenoxy) is 1. The number of hydrogen-bond acceptors (Lipinski definition) is 4. The maximum atomic E-state index is 13.3. The maximum Gasteiger partial charge on any atom is 0.335 e. The number of barbiturate groups is 1.